The van der Waals surface area contributed by atoms with E-state index in [0.29, 0.717) is 18.7 Å². The third-order valence-corrected chi connectivity index (χ3v) is 4.73. The van der Waals surface area contributed by atoms with Gasteiger partial charge in [0.15, 0.2) is 0 Å². The van der Waals surface area contributed by atoms with Crippen molar-refractivity contribution in [2.24, 2.45) is 0 Å². The molecule has 148 valence electrons. The van der Waals surface area contributed by atoms with E-state index in [1.54, 1.807) is 12.1 Å². The van der Waals surface area contributed by atoms with Crippen LogP contribution in [0.25, 0.3) is 0 Å². The van der Waals surface area contributed by atoms with Crippen LogP contribution < -0.4 is 10.6 Å². The summed E-state index contributed by atoms with van der Waals surface area (Å²) in [6.45, 7) is 7.28. The topological polar surface area (TPSA) is 70.7 Å². The molecule has 1 fully saturated rings. The SMILES string of the molecule is Cc1ccc(C(=O)Nc2ccccc2)cc1NCC(=O)N1CC(C)OC(C)C1. The van der Waals surface area contributed by atoms with Gasteiger partial charge in [0.2, 0.25) is 5.91 Å². The fourth-order valence-corrected chi connectivity index (χ4v) is 3.34. The van der Waals surface area contributed by atoms with Gasteiger partial charge >= 0.3 is 0 Å². The maximum absolute atomic E-state index is 12.6. The summed E-state index contributed by atoms with van der Waals surface area (Å²) in [5, 5.41) is 6.06. The highest BCUT2D eigenvalue weighted by Crippen LogP contribution is 2.19. The number of morpholine rings is 1. The van der Waals surface area contributed by atoms with Crippen molar-refractivity contribution in [3.05, 3.63) is 59.7 Å². The van der Waals surface area contributed by atoms with Gasteiger partial charge in [0.1, 0.15) is 0 Å². The molecule has 28 heavy (non-hydrogen) atoms. The van der Waals surface area contributed by atoms with Gasteiger partial charge in [0.05, 0.1) is 18.8 Å². The Labute approximate surface area is 165 Å². The lowest BCUT2D eigenvalue weighted by atomic mass is 10.1. The molecule has 0 bridgehead atoms. The number of anilines is 2. The highest BCUT2D eigenvalue weighted by molar-refractivity contribution is 6.05. The van der Waals surface area contributed by atoms with Crippen LogP contribution in [0.2, 0.25) is 0 Å². The second-order valence-corrected chi connectivity index (χ2v) is 7.26. The summed E-state index contributed by atoms with van der Waals surface area (Å²) in [7, 11) is 0. The van der Waals surface area contributed by atoms with Crippen LogP contribution in [0, 0.1) is 6.92 Å². The Morgan fingerprint density at radius 1 is 1.07 bits per heavy atom. The number of amides is 2. The van der Waals surface area contributed by atoms with Crippen LogP contribution in [0.15, 0.2) is 48.5 Å². The molecule has 2 aromatic carbocycles. The molecule has 0 spiro atoms. The molecule has 6 heteroatoms. The standard InChI is InChI=1S/C22H27N3O3/c1-15-9-10-18(22(27)24-19-7-5-4-6-8-19)11-20(15)23-12-21(26)25-13-16(2)28-17(3)14-25/h4-11,16-17,23H,12-14H2,1-3H3,(H,24,27). The zero-order chi connectivity index (χ0) is 20.1. The summed E-state index contributed by atoms with van der Waals surface area (Å²) in [6, 6.07) is 14.8. The lowest BCUT2D eigenvalue weighted by molar-refractivity contribution is -0.141. The molecule has 2 atom stereocenters. The Hall–Kier alpha value is -2.86. The summed E-state index contributed by atoms with van der Waals surface area (Å²) in [5.41, 5.74) is 3.04. The van der Waals surface area contributed by atoms with Crippen molar-refractivity contribution in [1.82, 2.24) is 4.90 Å². The minimum Gasteiger partial charge on any atom is -0.376 e. The van der Waals surface area contributed by atoms with Crippen LogP contribution in [-0.2, 0) is 9.53 Å². The number of hydrogen-bond donors (Lipinski definition) is 2. The van der Waals surface area contributed by atoms with Crippen LogP contribution in [-0.4, -0.2) is 48.6 Å². The molecule has 0 saturated carbocycles. The molecule has 1 aliphatic rings. The molecule has 0 radical (unpaired) electrons. The third-order valence-electron chi connectivity index (χ3n) is 4.73. The second kappa shape index (κ2) is 8.89. The van der Waals surface area contributed by atoms with Crippen LogP contribution >= 0.6 is 0 Å². The molecule has 2 unspecified atom stereocenters. The first-order valence-corrected chi connectivity index (χ1v) is 9.56. The van der Waals surface area contributed by atoms with E-state index in [9.17, 15) is 9.59 Å². The minimum absolute atomic E-state index is 0.0283. The predicted molar refractivity (Wildman–Crippen MR) is 111 cm³/mol. The van der Waals surface area contributed by atoms with E-state index in [-0.39, 0.29) is 30.6 Å². The van der Waals surface area contributed by atoms with Gasteiger partial charge in [-0.15, -0.1) is 0 Å². The van der Waals surface area contributed by atoms with Crippen molar-refractivity contribution in [3.63, 3.8) is 0 Å². The van der Waals surface area contributed by atoms with Crippen molar-refractivity contribution in [1.29, 1.82) is 0 Å². The number of para-hydroxylation sites is 1. The van der Waals surface area contributed by atoms with Crippen molar-refractivity contribution >= 4 is 23.2 Å². The van der Waals surface area contributed by atoms with Gasteiger partial charge < -0.3 is 20.3 Å². The average molecular weight is 381 g/mol. The monoisotopic (exact) mass is 381 g/mol. The number of benzene rings is 2. The summed E-state index contributed by atoms with van der Waals surface area (Å²) >= 11 is 0. The zero-order valence-electron chi connectivity index (χ0n) is 16.6. The molecule has 6 nitrogen and oxygen atoms in total. The first-order chi connectivity index (χ1) is 13.4. The maximum Gasteiger partial charge on any atom is 0.255 e. The van der Waals surface area contributed by atoms with Crippen LogP contribution in [0.5, 0.6) is 0 Å². The van der Waals surface area contributed by atoms with E-state index in [4.69, 9.17) is 4.74 Å². The van der Waals surface area contributed by atoms with E-state index < -0.39 is 0 Å². The van der Waals surface area contributed by atoms with Gasteiger partial charge in [0.25, 0.3) is 5.91 Å². The molecular weight excluding hydrogens is 354 g/mol. The average Bonchev–Trinajstić information content (AvgIpc) is 2.67. The largest absolute Gasteiger partial charge is 0.376 e. The Bertz CT molecular complexity index is 828. The molecule has 2 N–H and O–H groups in total. The third kappa shape index (κ3) is 5.10. The highest BCUT2D eigenvalue weighted by Gasteiger charge is 2.25. The molecule has 1 saturated heterocycles. The highest BCUT2D eigenvalue weighted by atomic mass is 16.5. The minimum atomic E-state index is -0.184. The summed E-state index contributed by atoms with van der Waals surface area (Å²) in [6.07, 6.45) is 0.0823. The lowest BCUT2D eigenvalue weighted by Crippen LogP contribution is -2.49. The van der Waals surface area contributed by atoms with Gasteiger partial charge in [-0.1, -0.05) is 24.3 Å². The van der Waals surface area contributed by atoms with Gasteiger partial charge in [-0.25, -0.2) is 0 Å². The van der Waals surface area contributed by atoms with Gasteiger partial charge in [0, 0.05) is 30.0 Å². The van der Waals surface area contributed by atoms with Gasteiger partial charge in [-0.2, -0.15) is 0 Å². The lowest BCUT2D eigenvalue weighted by Gasteiger charge is -2.35. The molecular formula is C22H27N3O3. The van der Waals surface area contributed by atoms with Crippen LogP contribution in [0.3, 0.4) is 0 Å². The molecule has 0 aromatic heterocycles. The van der Waals surface area contributed by atoms with Crippen molar-refractivity contribution < 1.29 is 14.3 Å². The smallest absolute Gasteiger partial charge is 0.255 e. The second-order valence-electron chi connectivity index (χ2n) is 7.26. The number of ether oxygens (including phenoxy) is 1. The quantitative estimate of drug-likeness (QED) is 0.834. The Balaban J connectivity index is 1.63. The Kier molecular flexibility index (Phi) is 6.31. The number of aryl methyl sites for hydroxylation is 1. The Morgan fingerprint density at radius 2 is 1.75 bits per heavy atom. The fourth-order valence-electron chi connectivity index (χ4n) is 3.34. The van der Waals surface area contributed by atoms with E-state index in [1.807, 2.05) is 62.1 Å². The first-order valence-electron chi connectivity index (χ1n) is 9.56. The maximum atomic E-state index is 12.6. The van der Waals surface area contributed by atoms with Crippen LogP contribution in [0.4, 0.5) is 11.4 Å². The van der Waals surface area contributed by atoms with Gasteiger partial charge in [-0.05, 0) is 50.6 Å². The molecule has 3 rings (SSSR count). The number of carbonyl (C=O) groups excluding carboxylic acids is 2. The normalized spacial score (nSPS) is 19.2. The van der Waals surface area contributed by atoms with E-state index in [0.717, 1.165) is 16.9 Å². The zero-order valence-corrected chi connectivity index (χ0v) is 16.6. The summed E-state index contributed by atoms with van der Waals surface area (Å²) < 4.78 is 5.68. The van der Waals surface area contributed by atoms with Crippen molar-refractivity contribution in [3.8, 4) is 0 Å². The fraction of sp³-hybridized carbons (Fsp3) is 0.364. The van der Waals surface area contributed by atoms with Crippen LogP contribution in [0.1, 0.15) is 29.8 Å². The van der Waals surface area contributed by atoms with E-state index in [1.165, 1.54) is 0 Å². The molecule has 1 heterocycles. The molecule has 2 amide bonds. The van der Waals surface area contributed by atoms with Crippen molar-refractivity contribution in [2.45, 2.75) is 33.0 Å². The number of hydrogen-bond acceptors (Lipinski definition) is 4. The molecule has 1 aliphatic heterocycles. The van der Waals surface area contributed by atoms with E-state index in [2.05, 4.69) is 10.6 Å². The summed E-state index contributed by atoms with van der Waals surface area (Å²) in [4.78, 5) is 26.9. The number of carbonyl (C=O) groups is 2. The van der Waals surface area contributed by atoms with Gasteiger partial charge in [-0.3, -0.25) is 9.59 Å². The molecule has 0 aliphatic carbocycles. The predicted octanol–water partition coefficient (Wildman–Crippen LogP) is 3.30. The van der Waals surface area contributed by atoms with Crippen molar-refractivity contribution in [2.75, 3.05) is 30.3 Å². The Morgan fingerprint density at radius 3 is 2.43 bits per heavy atom. The van der Waals surface area contributed by atoms with E-state index >= 15 is 0 Å². The molecule has 2 aromatic rings. The first kappa shape index (κ1) is 19.9. The number of rotatable bonds is 5. The number of nitrogens with zero attached hydrogens (tertiary/aromatic N) is 1. The number of nitrogens with one attached hydrogen (secondary N) is 2. The summed E-state index contributed by atoms with van der Waals surface area (Å²) in [5.74, 6) is -0.156.